The molecule has 26 heavy (non-hydrogen) atoms. The van der Waals surface area contributed by atoms with Gasteiger partial charge in [-0.25, -0.2) is 0 Å². The summed E-state index contributed by atoms with van der Waals surface area (Å²) in [6, 6.07) is 15.0. The third kappa shape index (κ3) is 5.70. The van der Waals surface area contributed by atoms with E-state index in [0.29, 0.717) is 12.5 Å². The molecule has 2 rings (SSSR count). The molecular weight excluding hydrogens is 320 g/mol. The van der Waals surface area contributed by atoms with Gasteiger partial charge in [-0.3, -0.25) is 4.79 Å². The molecule has 1 amide bonds. The van der Waals surface area contributed by atoms with Crippen LogP contribution in [0.2, 0.25) is 0 Å². The van der Waals surface area contributed by atoms with Crippen LogP contribution in [0.3, 0.4) is 0 Å². The van der Waals surface area contributed by atoms with Crippen LogP contribution in [0.15, 0.2) is 42.5 Å². The number of hydrogen-bond acceptors (Lipinski definition) is 2. The van der Waals surface area contributed by atoms with Gasteiger partial charge in [0.05, 0.1) is 6.54 Å². The number of para-hydroxylation sites is 1. The van der Waals surface area contributed by atoms with Gasteiger partial charge in [-0.1, -0.05) is 63.2 Å². The lowest BCUT2D eigenvalue weighted by atomic mass is 10.00. The zero-order valence-electron chi connectivity index (χ0n) is 16.7. The van der Waals surface area contributed by atoms with Crippen molar-refractivity contribution in [3.05, 3.63) is 64.7 Å². The Balaban J connectivity index is 1.91. The second-order valence-electron chi connectivity index (χ2n) is 7.45. The maximum Gasteiger partial charge on any atom is 0.238 e. The summed E-state index contributed by atoms with van der Waals surface area (Å²) < 4.78 is 0. The molecule has 140 valence electrons. The summed E-state index contributed by atoms with van der Waals surface area (Å²) in [7, 11) is 0. The van der Waals surface area contributed by atoms with Gasteiger partial charge in [-0.15, -0.1) is 0 Å². The third-order valence-electron chi connectivity index (χ3n) is 4.70. The Hall–Kier alpha value is -2.13. The maximum absolute atomic E-state index is 12.4. The Morgan fingerprint density at radius 3 is 2.35 bits per heavy atom. The quantitative estimate of drug-likeness (QED) is 0.698. The molecule has 0 radical (unpaired) electrons. The molecule has 0 spiro atoms. The van der Waals surface area contributed by atoms with E-state index >= 15 is 0 Å². The van der Waals surface area contributed by atoms with Gasteiger partial charge in [0.2, 0.25) is 5.91 Å². The van der Waals surface area contributed by atoms with Crippen LogP contribution in [0.5, 0.6) is 0 Å². The highest BCUT2D eigenvalue weighted by atomic mass is 16.1. The molecule has 0 saturated heterocycles. The van der Waals surface area contributed by atoms with E-state index in [2.05, 4.69) is 68.7 Å². The van der Waals surface area contributed by atoms with Crippen molar-refractivity contribution in [3.63, 3.8) is 0 Å². The minimum Gasteiger partial charge on any atom is -0.324 e. The first-order valence-electron chi connectivity index (χ1n) is 9.61. The van der Waals surface area contributed by atoms with Gasteiger partial charge in [0.1, 0.15) is 0 Å². The van der Waals surface area contributed by atoms with Crippen LogP contribution >= 0.6 is 0 Å². The zero-order chi connectivity index (χ0) is 19.1. The number of carbonyl (C=O) groups is 1. The van der Waals surface area contributed by atoms with E-state index in [1.165, 1.54) is 16.7 Å². The van der Waals surface area contributed by atoms with E-state index in [1.807, 2.05) is 19.1 Å². The second kappa shape index (κ2) is 9.54. The van der Waals surface area contributed by atoms with Crippen LogP contribution in [0.1, 0.15) is 56.0 Å². The van der Waals surface area contributed by atoms with Crippen molar-refractivity contribution in [2.24, 2.45) is 5.92 Å². The number of carbonyl (C=O) groups excluding carboxylic acids is 1. The molecule has 0 saturated carbocycles. The smallest absolute Gasteiger partial charge is 0.238 e. The largest absolute Gasteiger partial charge is 0.324 e. The van der Waals surface area contributed by atoms with Crippen molar-refractivity contribution >= 4 is 11.6 Å². The average molecular weight is 353 g/mol. The molecule has 2 aromatic rings. The first-order valence-corrected chi connectivity index (χ1v) is 9.61. The fraction of sp³-hybridized carbons (Fsp3) is 0.435. The molecule has 2 aromatic carbocycles. The molecule has 3 heteroatoms. The summed E-state index contributed by atoms with van der Waals surface area (Å²) in [6.45, 7) is 11.0. The predicted octanol–water partition coefficient (Wildman–Crippen LogP) is 5.05. The lowest BCUT2D eigenvalue weighted by Crippen LogP contribution is -2.30. The number of anilines is 1. The van der Waals surface area contributed by atoms with Crippen molar-refractivity contribution in [2.75, 3.05) is 11.9 Å². The fourth-order valence-electron chi connectivity index (χ4n) is 3.16. The summed E-state index contributed by atoms with van der Waals surface area (Å²) in [5.74, 6) is 0.659. The highest BCUT2D eigenvalue weighted by Crippen LogP contribution is 2.21. The number of benzene rings is 2. The molecule has 0 aliphatic rings. The number of amides is 1. The summed E-state index contributed by atoms with van der Waals surface area (Å²) in [5.41, 5.74) is 5.79. The van der Waals surface area contributed by atoms with Crippen LogP contribution in [0, 0.1) is 12.8 Å². The van der Waals surface area contributed by atoms with Crippen molar-refractivity contribution in [3.8, 4) is 0 Å². The Morgan fingerprint density at radius 1 is 1.04 bits per heavy atom. The van der Waals surface area contributed by atoms with Crippen LogP contribution in [-0.2, 0) is 17.6 Å². The average Bonchev–Trinajstić information content (AvgIpc) is 2.61. The first kappa shape index (κ1) is 20.2. The molecule has 2 N–H and O–H groups in total. The van der Waals surface area contributed by atoms with E-state index in [9.17, 15) is 4.79 Å². The van der Waals surface area contributed by atoms with E-state index in [-0.39, 0.29) is 11.9 Å². The molecule has 3 nitrogen and oxygen atoms in total. The molecule has 0 aliphatic carbocycles. The third-order valence-corrected chi connectivity index (χ3v) is 4.70. The maximum atomic E-state index is 12.4. The second-order valence-corrected chi connectivity index (χ2v) is 7.45. The normalized spacial score (nSPS) is 12.2. The Kier molecular flexibility index (Phi) is 7.40. The van der Waals surface area contributed by atoms with Crippen LogP contribution < -0.4 is 10.6 Å². The monoisotopic (exact) mass is 352 g/mol. The van der Waals surface area contributed by atoms with Gasteiger partial charge in [0.15, 0.2) is 0 Å². The summed E-state index contributed by atoms with van der Waals surface area (Å²) in [6.07, 6.45) is 2.00. The molecule has 0 bridgehead atoms. The van der Waals surface area contributed by atoms with Gasteiger partial charge < -0.3 is 10.6 Å². The molecule has 0 aliphatic heterocycles. The molecule has 1 atom stereocenters. The van der Waals surface area contributed by atoms with E-state index in [1.54, 1.807) is 0 Å². The first-order chi connectivity index (χ1) is 12.4. The summed E-state index contributed by atoms with van der Waals surface area (Å²) in [4.78, 5) is 12.4. The van der Waals surface area contributed by atoms with E-state index < -0.39 is 0 Å². The number of aryl methyl sites for hydroxylation is 2. The van der Waals surface area contributed by atoms with Crippen molar-refractivity contribution in [1.82, 2.24) is 5.32 Å². The molecule has 0 fully saturated rings. The minimum atomic E-state index is -0.00252. The topological polar surface area (TPSA) is 41.1 Å². The molecule has 0 unspecified atom stereocenters. The highest BCUT2D eigenvalue weighted by Gasteiger charge is 2.11. The lowest BCUT2D eigenvalue weighted by molar-refractivity contribution is -0.115. The summed E-state index contributed by atoms with van der Waals surface area (Å²) in [5, 5.41) is 6.39. The SMILES string of the molecule is CCc1cccc(C)c1NC(=O)CN[C@H](C)c1ccc(CC(C)C)cc1. The molecule has 0 heterocycles. The van der Waals surface area contributed by atoms with Crippen molar-refractivity contribution in [1.29, 1.82) is 0 Å². The van der Waals surface area contributed by atoms with Crippen molar-refractivity contribution < 1.29 is 4.79 Å². The van der Waals surface area contributed by atoms with Gasteiger partial charge in [-0.05, 0) is 54.9 Å². The Morgan fingerprint density at radius 2 is 1.73 bits per heavy atom. The fourth-order valence-corrected chi connectivity index (χ4v) is 3.16. The number of nitrogens with one attached hydrogen (secondary N) is 2. The van der Waals surface area contributed by atoms with E-state index in [4.69, 9.17) is 0 Å². The number of rotatable bonds is 8. The van der Waals surface area contributed by atoms with Gasteiger partial charge in [0, 0.05) is 11.7 Å². The zero-order valence-corrected chi connectivity index (χ0v) is 16.7. The van der Waals surface area contributed by atoms with Crippen LogP contribution in [0.4, 0.5) is 5.69 Å². The van der Waals surface area contributed by atoms with Gasteiger partial charge in [0.25, 0.3) is 0 Å². The minimum absolute atomic E-state index is 0.00252. The Bertz CT molecular complexity index is 719. The van der Waals surface area contributed by atoms with Crippen LogP contribution in [-0.4, -0.2) is 12.5 Å². The standard InChI is InChI=1S/C23H32N2O/c1-6-20-9-7-8-17(4)23(20)25-22(26)15-24-18(5)21-12-10-19(11-13-21)14-16(2)3/h7-13,16,18,24H,6,14-15H2,1-5H3,(H,25,26)/t18-/m1/s1. The lowest BCUT2D eigenvalue weighted by Gasteiger charge is -2.17. The Labute approximate surface area is 158 Å². The number of hydrogen-bond donors (Lipinski definition) is 2. The predicted molar refractivity (Wildman–Crippen MR) is 111 cm³/mol. The van der Waals surface area contributed by atoms with Crippen LogP contribution in [0.25, 0.3) is 0 Å². The molecular formula is C23H32N2O. The van der Waals surface area contributed by atoms with Gasteiger partial charge >= 0.3 is 0 Å². The highest BCUT2D eigenvalue weighted by molar-refractivity contribution is 5.93. The van der Waals surface area contributed by atoms with Crippen molar-refractivity contribution in [2.45, 2.75) is 53.5 Å². The van der Waals surface area contributed by atoms with E-state index in [0.717, 1.165) is 24.1 Å². The van der Waals surface area contributed by atoms with Gasteiger partial charge in [-0.2, -0.15) is 0 Å². The molecule has 0 aromatic heterocycles. The summed E-state index contributed by atoms with van der Waals surface area (Å²) >= 11 is 0.